The number of aryl methyl sites for hydroxylation is 3. The van der Waals surface area contributed by atoms with Gasteiger partial charge in [-0.25, -0.2) is 0 Å². The van der Waals surface area contributed by atoms with Gasteiger partial charge in [0.1, 0.15) is 0 Å². The highest BCUT2D eigenvalue weighted by Gasteiger charge is 2.06. The van der Waals surface area contributed by atoms with E-state index in [-0.39, 0.29) is 0 Å². The summed E-state index contributed by atoms with van der Waals surface area (Å²) < 4.78 is 0. The van der Waals surface area contributed by atoms with Gasteiger partial charge in [0.2, 0.25) is 0 Å². The van der Waals surface area contributed by atoms with Gasteiger partial charge in [-0.1, -0.05) is 38.1 Å². The molecule has 0 aromatic heterocycles. The van der Waals surface area contributed by atoms with Gasteiger partial charge in [-0.2, -0.15) is 0 Å². The summed E-state index contributed by atoms with van der Waals surface area (Å²) in [4.78, 5) is 0. The van der Waals surface area contributed by atoms with Gasteiger partial charge >= 0.3 is 0 Å². The van der Waals surface area contributed by atoms with Gasteiger partial charge < -0.3 is 5.73 Å². The zero-order valence-electron chi connectivity index (χ0n) is 11.5. The van der Waals surface area contributed by atoms with E-state index in [9.17, 15) is 0 Å². The molecule has 1 nitrogen and oxygen atoms in total. The lowest BCUT2D eigenvalue weighted by molar-refractivity contribution is 1.10. The average Bonchev–Trinajstić information content (AvgIpc) is 2.36. The fourth-order valence-electron chi connectivity index (χ4n) is 2.39. The van der Waals surface area contributed by atoms with Crippen LogP contribution in [0.1, 0.15) is 30.5 Å². The maximum absolute atomic E-state index is 5.96. The van der Waals surface area contributed by atoms with Gasteiger partial charge in [0.15, 0.2) is 0 Å². The Morgan fingerprint density at radius 3 is 2.33 bits per heavy atom. The molecule has 0 amide bonds. The van der Waals surface area contributed by atoms with E-state index in [4.69, 9.17) is 5.73 Å². The van der Waals surface area contributed by atoms with E-state index in [1.165, 1.54) is 27.8 Å². The molecule has 0 fully saturated rings. The van der Waals surface area contributed by atoms with Gasteiger partial charge in [-0.05, 0) is 59.7 Å². The first-order valence-corrected chi connectivity index (χ1v) is 6.63. The van der Waals surface area contributed by atoms with Gasteiger partial charge in [0, 0.05) is 5.69 Å². The first-order chi connectivity index (χ1) is 8.63. The van der Waals surface area contributed by atoms with Crippen molar-refractivity contribution in [1.82, 2.24) is 0 Å². The van der Waals surface area contributed by atoms with E-state index in [0.717, 1.165) is 18.5 Å². The fraction of sp³-hybridized carbons (Fsp3) is 0.294. The number of hydrogen-bond acceptors (Lipinski definition) is 1. The van der Waals surface area contributed by atoms with Crippen LogP contribution in [0, 0.1) is 6.92 Å². The van der Waals surface area contributed by atoms with Crippen molar-refractivity contribution in [3.63, 3.8) is 0 Å². The Balaban J connectivity index is 2.60. The summed E-state index contributed by atoms with van der Waals surface area (Å²) in [7, 11) is 0. The van der Waals surface area contributed by atoms with Crippen molar-refractivity contribution in [1.29, 1.82) is 0 Å². The van der Waals surface area contributed by atoms with Crippen LogP contribution < -0.4 is 5.73 Å². The molecule has 0 radical (unpaired) electrons. The van der Waals surface area contributed by atoms with Gasteiger partial charge in [-0.15, -0.1) is 0 Å². The van der Waals surface area contributed by atoms with Crippen LogP contribution in [-0.4, -0.2) is 0 Å². The Bertz CT molecular complexity index is 535. The molecule has 0 atom stereocenters. The average molecular weight is 239 g/mol. The molecule has 2 rings (SSSR count). The third-order valence-electron chi connectivity index (χ3n) is 3.37. The molecule has 0 spiro atoms. The van der Waals surface area contributed by atoms with Crippen LogP contribution in [0.3, 0.4) is 0 Å². The molecule has 94 valence electrons. The normalized spacial score (nSPS) is 10.6. The number of anilines is 1. The van der Waals surface area contributed by atoms with E-state index in [1.807, 2.05) is 6.07 Å². The quantitative estimate of drug-likeness (QED) is 0.791. The summed E-state index contributed by atoms with van der Waals surface area (Å²) in [5.74, 6) is 0. The predicted molar refractivity (Wildman–Crippen MR) is 79.8 cm³/mol. The maximum Gasteiger partial charge on any atom is 0.0322 e. The third-order valence-corrected chi connectivity index (χ3v) is 3.37. The molecule has 2 aromatic carbocycles. The molecule has 0 bridgehead atoms. The molecule has 0 saturated heterocycles. The van der Waals surface area contributed by atoms with Crippen molar-refractivity contribution in [2.24, 2.45) is 0 Å². The van der Waals surface area contributed by atoms with Crippen LogP contribution in [0.4, 0.5) is 5.69 Å². The molecule has 0 unspecified atom stereocenters. The number of benzene rings is 2. The minimum Gasteiger partial charge on any atom is -0.399 e. The summed E-state index contributed by atoms with van der Waals surface area (Å²) in [5.41, 5.74) is 13.3. The Kier molecular flexibility index (Phi) is 3.71. The molecular weight excluding hydrogens is 218 g/mol. The maximum atomic E-state index is 5.96. The molecule has 0 saturated carbocycles. The third kappa shape index (κ3) is 2.56. The van der Waals surface area contributed by atoms with Crippen molar-refractivity contribution in [2.75, 3.05) is 5.73 Å². The van der Waals surface area contributed by atoms with E-state index >= 15 is 0 Å². The molecular formula is C17H21N. The highest BCUT2D eigenvalue weighted by atomic mass is 14.5. The van der Waals surface area contributed by atoms with Crippen molar-refractivity contribution < 1.29 is 0 Å². The van der Waals surface area contributed by atoms with E-state index < -0.39 is 0 Å². The highest BCUT2D eigenvalue weighted by Crippen LogP contribution is 2.28. The van der Waals surface area contributed by atoms with Crippen molar-refractivity contribution in [2.45, 2.75) is 33.6 Å². The Morgan fingerprint density at radius 2 is 1.72 bits per heavy atom. The summed E-state index contributed by atoms with van der Waals surface area (Å²) in [5, 5.41) is 0. The summed E-state index contributed by atoms with van der Waals surface area (Å²) >= 11 is 0. The summed E-state index contributed by atoms with van der Waals surface area (Å²) in [6.07, 6.45) is 2.12. The monoisotopic (exact) mass is 239 g/mol. The second kappa shape index (κ2) is 5.26. The zero-order chi connectivity index (χ0) is 13.1. The molecule has 0 aliphatic carbocycles. The van der Waals surface area contributed by atoms with Crippen molar-refractivity contribution in [3.05, 3.63) is 53.1 Å². The number of nitrogen functional groups attached to an aromatic ring is 1. The van der Waals surface area contributed by atoms with E-state index in [2.05, 4.69) is 51.1 Å². The second-order valence-electron chi connectivity index (χ2n) is 4.83. The number of nitrogens with two attached hydrogens (primary N) is 1. The minimum atomic E-state index is 0.842. The molecule has 2 N–H and O–H groups in total. The number of rotatable bonds is 3. The smallest absolute Gasteiger partial charge is 0.0322 e. The first kappa shape index (κ1) is 12.7. The van der Waals surface area contributed by atoms with Gasteiger partial charge in [0.05, 0.1) is 0 Å². The lowest BCUT2D eigenvalue weighted by Gasteiger charge is -2.12. The SMILES string of the molecule is CCc1ccc(CC)c(-c2cc(C)cc(N)c2)c1. The zero-order valence-corrected chi connectivity index (χ0v) is 11.5. The molecule has 0 aliphatic rings. The largest absolute Gasteiger partial charge is 0.399 e. The van der Waals surface area contributed by atoms with Crippen molar-refractivity contribution in [3.8, 4) is 11.1 Å². The molecule has 18 heavy (non-hydrogen) atoms. The van der Waals surface area contributed by atoms with Crippen molar-refractivity contribution >= 4 is 5.69 Å². The van der Waals surface area contributed by atoms with Crippen LogP contribution in [-0.2, 0) is 12.8 Å². The van der Waals surface area contributed by atoms with Gasteiger partial charge in [-0.3, -0.25) is 0 Å². The molecule has 0 heterocycles. The van der Waals surface area contributed by atoms with E-state index in [1.54, 1.807) is 0 Å². The molecule has 0 aliphatic heterocycles. The Labute approximate surface area is 110 Å². The fourth-order valence-corrected chi connectivity index (χ4v) is 2.39. The Hall–Kier alpha value is -1.76. The van der Waals surface area contributed by atoms with Crippen LogP contribution in [0.25, 0.3) is 11.1 Å². The standard InChI is InChI=1S/C17H21N/c1-4-13-6-7-14(5-2)17(10-13)15-8-12(3)9-16(18)11-15/h6-11H,4-5,18H2,1-3H3. The lowest BCUT2D eigenvalue weighted by Crippen LogP contribution is -1.93. The molecule has 2 aromatic rings. The second-order valence-corrected chi connectivity index (χ2v) is 4.83. The lowest BCUT2D eigenvalue weighted by atomic mass is 9.94. The molecule has 1 heteroatoms. The summed E-state index contributed by atoms with van der Waals surface area (Å²) in [6, 6.07) is 13.1. The van der Waals surface area contributed by atoms with Gasteiger partial charge in [0.25, 0.3) is 0 Å². The van der Waals surface area contributed by atoms with E-state index in [0.29, 0.717) is 0 Å². The summed E-state index contributed by atoms with van der Waals surface area (Å²) in [6.45, 7) is 6.48. The predicted octanol–water partition coefficient (Wildman–Crippen LogP) is 4.37. The highest BCUT2D eigenvalue weighted by molar-refractivity contribution is 5.72. The Morgan fingerprint density at radius 1 is 0.944 bits per heavy atom. The first-order valence-electron chi connectivity index (χ1n) is 6.63. The van der Waals surface area contributed by atoms with Crippen LogP contribution in [0.2, 0.25) is 0 Å². The van der Waals surface area contributed by atoms with Crippen LogP contribution in [0.5, 0.6) is 0 Å². The van der Waals surface area contributed by atoms with Crippen LogP contribution >= 0.6 is 0 Å². The van der Waals surface area contributed by atoms with Crippen LogP contribution in [0.15, 0.2) is 36.4 Å². The minimum absolute atomic E-state index is 0.842. The topological polar surface area (TPSA) is 26.0 Å². The number of hydrogen-bond donors (Lipinski definition) is 1.